The number of fused-ring (bicyclic) bond motifs is 1. The van der Waals surface area contributed by atoms with Crippen LogP contribution in [0.2, 0.25) is 0 Å². The van der Waals surface area contributed by atoms with Crippen molar-refractivity contribution in [3.05, 3.63) is 82.0 Å². The Balaban J connectivity index is 1.47. The summed E-state index contributed by atoms with van der Waals surface area (Å²) in [7, 11) is 0. The highest BCUT2D eigenvalue weighted by atomic mass is 32.1. The molecule has 0 aliphatic carbocycles. The molecule has 31 heavy (non-hydrogen) atoms. The highest BCUT2D eigenvalue weighted by Crippen LogP contribution is 2.38. The fourth-order valence-corrected chi connectivity index (χ4v) is 4.75. The number of aliphatic imine (C=N–C) groups is 1. The average molecular weight is 435 g/mol. The first-order chi connectivity index (χ1) is 15.2. The number of rotatable bonds is 6. The maximum Gasteiger partial charge on any atom is 0.410 e. The van der Waals surface area contributed by atoms with Gasteiger partial charge in [0, 0.05) is 34.9 Å². The quantitative estimate of drug-likeness (QED) is 0.587. The van der Waals surface area contributed by atoms with Gasteiger partial charge >= 0.3 is 6.09 Å². The van der Waals surface area contributed by atoms with Gasteiger partial charge in [-0.05, 0) is 48.5 Å². The van der Waals surface area contributed by atoms with E-state index in [0.717, 1.165) is 26.6 Å². The number of anilines is 1. The van der Waals surface area contributed by atoms with Crippen molar-refractivity contribution < 1.29 is 14.3 Å². The maximum atomic E-state index is 12.6. The predicted octanol–water partition coefficient (Wildman–Crippen LogP) is 4.29. The molecule has 1 aromatic carbocycles. The molecule has 3 heterocycles. The smallest absolute Gasteiger partial charge is 0.410 e. The van der Waals surface area contributed by atoms with Crippen LogP contribution in [0.25, 0.3) is 0 Å². The molecular weight excluding hydrogens is 412 g/mol. The second kappa shape index (κ2) is 9.53. The van der Waals surface area contributed by atoms with E-state index in [4.69, 9.17) is 4.74 Å². The van der Waals surface area contributed by atoms with E-state index >= 15 is 0 Å². The van der Waals surface area contributed by atoms with E-state index in [0.29, 0.717) is 31.6 Å². The number of pyridine rings is 1. The van der Waals surface area contributed by atoms with Crippen molar-refractivity contribution in [3.63, 3.8) is 0 Å². The number of thiophene rings is 1. The molecule has 0 unspecified atom stereocenters. The molecule has 0 fully saturated rings. The van der Waals surface area contributed by atoms with Gasteiger partial charge in [-0.3, -0.25) is 14.8 Å². The molecular formula is C23H22N4O3S. The summed E-state index contributed by atoms with van der Waals surface area (Å²) in [5.41, 5.74) is 3.60. The summed E-state index contributed by atoms with van der Waals surface area (Å²) in [6.07, 6.45) is 3.67. The third-order valence-corrected chi connectivity index (χ3v) is 6.24. The minimum Gasteiger partial charge on any atom is -0.445 e. The summed E-state index contributed by atoms with van der Waals surface area (Å²) in [5.74, 6) is -0.168. The molecule has 0 saturated carbocycles. The molecule has 8 heteroatoms. The Morgan fingerprint density at radius 1 is 1.19 bits per heavy atom. The second-order valence-corrected chi connectivity index (χ2v) is 8.20. The number of carbonyl (C=O) groups excluding carboxylic acids is 2. The van der Waals surface area contributed by atoms with Gasteiger partial charge in [0.1, 0.15) is 11.6 Å². The van der Waals surface area contributed by atoms with Crippen LogP contribution in [0, 0.1) is 0 Å². The number of nitrogens with one attached hydrogen (secondary N) is 1. The van der Waals surface area contributed by atoms with E-state index in [1.165, 1.54) is 11.3 Å². The van der Waals surface area contributed by atoms with Crippen molar-refractivity contribution in [1.82, 2.24) is 9.88 Å². The monoisotopic (exact) mass is 434 g/mol. The third kappa shape index (κ3) is 4.80. The zero-order valence-electron chi connectivity index (χ0n) is 16.9. The zero-order chi connectivity index (χ0) is 21.6. The van der Waals surface area contributed by atoms with Crippen LogP contribution in [0.5, 0.6) is 0 Å². The normalized spacial score (nSPS) is 12.7. The summed E-state index contributed by atoms with van der Waals surface area (Å²) >= 11 is 1.48. The lowest BCUT2D eigenvalue weighted by atomic mass is 10.0. The first kappa shape index (κ1) is 20.7. The zero-order valence-corrected chi connectivity index (χ0v) is 17.7. The van der Waals surface area contributed by atoms with Crippen LogP contribution in [0.15, 0.2) is 59.9 Å². The number of hydrogen-bond donors (Lipinski definition) is 1. The van der Waals surface area contributed by atoms with Crippen molar-refractivity contribution >= 4 is 35.1 Å². The first-order valence-electron chi connectivity index (χ1n) is 9.88. The lowest BCUT2D eigenvalue weighted by Gasteiger charge is -2.26. The predicted molar refractivity (Wildman–Crippen MR) is 121 cm³/mol. The molecule has 0 saturated heterocycles. The largest absolute Gasteiger partial charge is 0.445 e. The van der Waals surface area contributed by atoms with Crippen LogP contribution < -0.4 is 5.32 Å². The van der Waals surface area contributed by atoms with E-state index in [1.807, 2.05) is 30.3 Å². The van der Waals surface area contributed by atoms with Crippen LogP contribution in [0.3, 0.4) is 0 Å². The SMILES string of the molecule is C=NCc1c(NC(=O)c2ccccc2)sc2c1CCN(C(=O)OCc1ccncc1)C2. The van der Waals surface area contributed by atoms with Gasteiger partial charge in [0.15, 0.2) is 0 Å². The summed E-state index contributed by atoms with van der Waals surface area (Å²) in [4.78, 5) is 35.9. The Hall–Kier alpha value is -3.52. The van der Waals surface area contributed by atoms with Gasteiger partial charge in [0.05, 0.1) is 13.1 Å². The number of benzene rings is 1. The number of carbonyl (C=O) groups is 2. The number of amides is 2. The van der Waals surface area contributed by atoms with Crippen molar-refractivity contribution in [2.75, 3.05) is 11.9 Å². The summed E-state index contributed by atoms with van der Waals surface area (Å²) < 4.78 is 5.46. The third-order valence-electron chi connectivity index (χ3n) is 5.07. The standard InChI is InChI=1S/C23H22N4O3S/c1-24-13-19-18-9-12-27(23(29)30-15-16-7-10-25-11-8-16)14-20(18)31-22(19)26-21(28)17-5-3-2-4-6-17/h2-8,10-11H,1,9,12-15H2,(H,26,28). The molecule has 7 nitrogen and oxygen atoms in total. The molecule has 2 amide bonds. The molecule has 158 valence electrons. The van der Waals surface area contributed by atoms with Gasteiger partial charge in [-0.15, -0.1) is 11.3 Å². The Labute approximate surface area is 184 Å². The Bertz CT molecular complexity index is 1080. The van der Waals surface area contributed by atoms with E-state index in [2.05, 4.69) is 22.0 Å². The van der Waals surface area contributed by atoms with Crippen LogP contribution in [-0.2, 0) is 30.9 Å². The van der Waals surface area contributed by atoms with E-state index in [1.54, 1.807) is 29.4 Å². The molecule has 0 spiro atoms. The van der Waals surface area contributed by atoms with Crippen LogP contribution >= 0.6 is 11.3 Å². The Morgan fingerprint density at radius 2 is 1.97 bits per heavy atom. The number of hydrogen-bond acceptors (Lipinski definition) is 6. The highest BCUT2D eigenvalue weighted by molar-refractivity contribution is 7.16. The molecule has 1 aliphatic heterocycles. The fraction of sp³-hybridized carbons (Fsp3) is 0.217. The van der Waals surface area contributed by atoms with Crippen molar-refractivity contribution in [1.29, 1.82) is 0 Å². The molecule has 4 rings (SSSR count). The summed E-state index contributed by atoms with van der Waals surface area (Å²) in [5, 5.41) is 3.77. The molecule has 3 aromatic rings. The fourth-order valence-electron chi connectivity index (χ4n) is 3.48. The van der Waals surface area contributed by atoms with E-state index in [9.17, 15) is 9.59 Å². The Morgan fingerprint density at radius 3 is 2.71 bits per heavy atom. The van der Waals surface area contributed by atoms with Gasteiger partial charge in [0.2, 0.25) is 0 Å². The summed E-state index contributed by atoms with van der Waals surface area (Å²) in [6.45, 7) is 5.23. The topological polar surface area (TPSA) is 83.9 Å². The Kier molecular flexibility index (Phi) is 6.37. The lowest BCUT2D eigenvalue weighted by molar-refractivity contribution is 0.0922. The highest BCUT2D eigenvalue weighted by Gasteiger charge is 2.28. The van der Waals surface area contributed by atoms with Crippen LogP contribution in [0.1, 0.15) is 31.9 Å². The lowest BCUT2D eigenvalue weighted by Crippen LogP contribution is -2.35. The molecule has 0 bridgehead atoms. The van der Waals surface area contributed by atoms with Gasteiger partial charge in [-0.25, -0.2) is 4.79 Å². The minimum atomic E-state index is -0.353. The number of ether oxygens (including phenoxy) is 1. The van der Waals surface area contributed by atoms with Crippen LogP contribution in [0.4, 0.5) is 9.80 Å². The second-order valence-electron chi connectivity index (χ2n) is 7.09. The molecule has 2 aromatic heterocycles. The molecule has 1 aliphatic rings. The van der Waals surface area contributed by atoms with Gasteiger partial charge < -0.3 is 15.0 Å². The molecule has 1 N–H and O–H groups in total. The van der Waals surface area contributed by atoms with Crippen LogP contribution in [-0.4, -0.2) is 35.1 Å². The average Bonchev–Trinajstić information content (AvgIpc) is 3.15. The van der Waals surface area contributed by atoms with Gasteiger partial charge in [-0.1, -0.05) is 18.2 Å². The first-order valence-corrected chi connectivity index (χ1v) is 10.7. The van der Waals surface area contributed by atoms with Crippen molar-refractivity contribution in [2.45, 2.75) is 26.1 Å². The molecule has 0 atom stereocenters. The van der Waals surface area contributed by atoms with Gasteiger partial charge in [0.25, 0.3) is 5.91 Å². The molecule has 0 radical (unpaired) electrons. The van der Waals surface area contributed by atoms with Gasteiger partial charge in [-0.2, -0.15) is 0 Å². The van der Waals surface area contributed by atoms with E-state index < -0.39 is 0 Å². The van der Waals surface area contributed by atoms with E-state index in [-0.39, 0.29) is 18.6 Å². The van der Waals surface area contributed by atoms with Crippen molar-refractivity contribution in [2.24, 2.45) is 4.99 Å². The summed E-state index contributed by atoms with van der Waals surface area (Å²) in [6, 6.07) is 12.7. The van der Waals surface area contributed by atoms with Crippen molar-refractivity contribution in [3.8, 4) is 0 Å². The number of nitrogens with zero attached hydrogens (tertiary/aromatic N) is 3. The minimum absolute atomic E-state index is 0.168. The number of aromatic nitrogens is 1. The maximum absolute atomic E-state index is 12.6.